The van der Waals surface area contributed by atoms with Gasteiger partial charge in [0.05, 0.1) is 0 Å². The Morgan fingerprint density at radius 2 is 1.86 bits per heavy atom. The molecule has 0 unspecified atom stereocenters. The summed E-state index contributed by atoms with van der Waals surface area (Å²) in [5.41, 5.74) is 4.36. The van der Waals surface area contributed by atoms with Crippen molar-refractivity contribution in [3.8, 4) is 11.3 Å². The summed E-state index contributed by atoms with van der Waals surface area (Å²) in [7, 11) is 0. The Morgan fingerprint density at radius 3 is 2.59 bits per heavy atom. The van der Waals surface area contributed by atoms with Gasteiger partial charge in [-0.3, -0.25) is 14.2 Å². The number of hydrogen-bond acceptors (Lipinski definition) is 4. The van der Waals surface area contributed by atoms with Crippen molar-refractivity contribution in [3.63, 3.8) is 0 Å². The molecule has 0 bridgehead atoms. The number of carbonyl (C=O) groups is 1. The summed E-state index contributed by atoms with van der Waals surface area (Å²) in [5, 5.41) is 2.88. The van der Waals surface area contributed by atoms with Gasteiger partial charge >= 0.3 is 0 Å². The lowest BCUT2D eigenvalue weighted by atomic mass is 10.1. The van der Waals surface area contributed by atoms with Gasteiger partial charge in [0.1, 0.15) is 11.2 Å². The summed E-state index contributed by atoms with van der Waals surface area (Å²) in [6, 6.07) is 18.1. The van der Waals surface area contributed by atoms with Gasteiger partial charge in [-0.1, -0.05) is 24.3 Å². The van der Waals surface area contributed by atoms with Crippen LogP contribution in [0.2, 0.25) is 0 Å². The summed E-state index contributed by atoms with van der Waals surface area (Å²) in [4.78, 5) is 34.2. The van der Waals surface area contributed by atoms with Crippen LogP contribution in [0.3, 0.4) is 0 Å². The number of hydrogen-bond donors (Lipinski definition) is 1. The van der Waals surface area contributed by atoms with Gasteiger partial charge in [-0.25, -0.2) is 9.97 Å². The van der Waals surface area contributed by atoms with E-state index >= 15 is 0 Å². The normalized spacial score (nSPS) is 10.8. The first-order chi connectivity index (χ1) is 14.1. The zero-order chi connectivity index (χ0) is 20.4. The number of anilines is 1. The van der Waals surface area contributed by atoms with E-state index in [-0.39, 0.29) is 11.5 Å². The number of aromatic nitrogens is 3. The van der Waals surface area contributed by atoms with Crippen LogP contribution in [0.25, 0.3) is 22.4 Å². The average Bonchev–Trinajstić information content (AvgIpc) is 2.73. The predicted molar refractivity (Wildman–Crippen MR) is 114 cm³/mol. The fourth-order valence-corrected chi connectivity index (χ4v) is 3.26. The summed E-state index contributed by atoms with van der Waals surface area (Å²) >= 11 is 0. The molecule has 4 aromatic rings. The van der Waals surface area contributed by atoms with Gasteiger partial charge in [0.15, 0.2) is 5.65 Å². The minimum atomic E-state index is -0.205. The van der Waals surface area contributed by atoms with Crippen LogP contribution in [0.4, 0.5) is 5.69 Å². The van der Waals surface area contributed by atoms with E-state index in [0.29, 0.717) is 34.5 Å². The minimum Gasteiger partial charge on any atom is -0.322 e. The SMILES string of the molecule is CCn1c(=O)c(-c2ccc(C(=O)Nc3cccc(C)c3)cc2)nc2cccnc21. The molecule has 0 saturated heterocycles. The largest absolute Gasteiger partial charge is 0.322 e. The third kappa shape index (κ3) is 3.65. The van der Waals surface area contributed by atoms with E-state index in [4.69, 9.17) is 0 Å². The maximum Gasteiger partial charge on any atom is 0.278 e. The van der Waals surface area contributed by atoms with Crippen LogP contribution >= 0.6 is 0 Å². The Hall–Kier alpha value is -3.80. The smallest absolute Gasteiger partial charge is 0.278 e. The molecule has 29 heavy (non-hydrogen) atoms. The van der Waals surface area contributed by atoms with Gasteiger partial charge in [-0.2, -0.15) is 0 Å². The Balaban J connectivity index is 1.67. The highest BCUT2D eigenvalue weighted by molar-refractivity contribution is 6.04. The van der Waals surface area contributed by atoms with Gasteiger partial charge in [-0.05, 0) is 55.8 Å². The van der Waals surface area contributed by atoms with E-state index in [9.17, 15) is 9.59 Å². The zero-order valence-corrected chi connectivity index (χ0v) is 16.2. The number of nitrogens with one attached hydrogen (secondary N) is 1. The fourth-order valence-electron chi connectivity index (χ4n) is 3.26. The highest BCUT2D eigenvalue weighted by Crippen LogP contribution is 2.18. The second-order valence-electron chi connectivity index (χ2n) is 6.76. The average molecular weight is 384 g/mol. The van der Waals surface area contributed by atoms with E-state index in [0.717, 1.165) is 11.3 Å². The summed E-state index contributed by atoms with van der Waals surface area (Å²) in [6.45, 7) is 4.37. The van der Waals surface area contributed by atoms with Gasteiger partial charge < -0.3 is 5.32 Å². The van der Waals surface area contributed by atoms with Gasteiger partial charge in [0, 0.05) is 29.6 Å². The molecule has 0 saturated carbocycles. The highest BCUT2D eigenvalue weighted by Gasteiger charge is 2.13. The van der Waals surface area contributed by atoms with Crippen LogP contribution in [0, 0.1) is 6.92 Å². The number of aryl methyl sites for hydroxylation is 2. The van der Waals surface area contributed by atoms with Gasteiger partial charge in [0.25, 0.3) is 11.5 Å². The molecule has 1 amide bonds. The van der Waals surface area contributed by atoms with Crippen LogP contribution in [0.5, 0.6) is 0 Å². The quantitative estimate of drug-likeness (QED) is 0.576. The van der Waals surface area contributed by atoms with Gasteiger partial charge in [-0.15, -0.1) is 0 Å². The maximum absolute atomic E-state index is 12.9. The van der Waals surface area contributed by atoms with Crippen LogP contribution in [0.1, 0.15) is 22.8 Å². The van der Waals surface area contributed by atoms with Crippen molar-refractivity contribution >= 4 is 22.8 Å². The van der Waals surface area contributed by atoms with Gasteiger partial charge in [0.2, 0.25) is 0 Å². The molecule has 0 aliphatic carbocycles. The number of carbonyl (C=O) groups excluding carboxylic acids is 1. The molecule has 2 aromatic heterocycles. The molecule has 0 radical (unpaired) electrons. The van der Waals surface area contributed by atoms with Crippen molar-refractivity contribution in [1.29, 1.82) is 0 Å². The third-order valence-corrected chi connectivity index (χ3v) is 4.71. The van der Waals surface area contributed by atoms with Crippen molar-refractivity contribution in [2.75, 3.05) is 5.32 Å². The van der Waals surface area contributed by atoms with E-state index in [1.54, 1.807) is 41.1 Å². The number of fused-ring (bicyclic) bond motifs is 1. The lowest BCUT2D eigenvalue weighted by molar-refractivity contribution is 0.102. The molecule has 6 heteroatoms. The molecule has 2 heterocycles. The molecule has 0 aliphatic heterocycles. The second kappa shape index (κ2) is 7.67. The molecular weight excluding hydrogens is 364 g/mol. The summed E-state index contributed by atoms with van der Waals surface area (Å²) < 4.78 is 1.61. The Kier molecular flexibility index (Phi) is 4.91. The number of rotatable bonds is 4. The van der Waals surface area contributed by atoms with Crippen molar-refractivity contribution in [3.05, 3.63) is 88.3 Å². The standard InChI is InChI=1S/C23H20N4O2/c1-3-27-21-19(8-5-13-24-21)26-20(23(27)29)16-9-11-17(12-10-16)22(28)25-18-7-4-6-15(2)14-18/h4-14H,3H2,1-2H3,(H,25,28). The van der Waals surface area contributed by atoms with Crippen molar-refractivity contribution in [2.45, 2.75) is 20.4 Å². The Bertz CT molecular complexity index is 1260. The highest BCUT2D eigenvalue weighted by atomic mass is 16.1. The first-order valence-electron chi connectivity index (χ1n) is 9.41. The van der Waals surface area contributed by atoms with Crippen LogP contribution in [0.15, 0.2) is 71.7 Å². The van der Waals surface area contributed by atoms with E-state index in [1.165, 1.54) is 0 Å². The lowest BCUT2D eigenvalue weighted by Crippen LogP contribution is -2.23. The predicted octanol–water partition coefficient (Wildman–Crippen LogP) is 4.04. The molecule has 4 rings (SSSR count). The Morgan fingerprint density at radius 1 is 1.07 bits per heavy atom. The van der Waals surface area contributed by atoms with Crippen LogP contribution < -0.4 is 10.9 Å². The number of benzene rings is 2. The second-order valence-corrected chi connectivity index (χ2v) is 6.76. The summed E-state index contributed by atoms with van der Waals surface area (Å²) in [5.74, 6) is -0.205. The topological polar surface area (TPSA) is 76.9 Å². The third-order valence-electron chi connectivity index (χ3n) is 4.71. The molecule has 1 N–H and O–H groups in total. The number of amides is 1. The fraction of sp³-hybridized carbons (Fsp3) is 0.130. The van der Waals surface area contributed by atoms with Crippen molar-refractivity contribution in [2.24, 2.45) is 0 Å². The van der Waals surface area contributed by atoms with Crippen molar-refractivity contribution in [1.82, 2.24) is 14.5 Å². The van der Waals surface area contributed by atoms with E-state index in [2.05, 4.69) is 15.3 Å². The summed E-state index contributed by atoms with van der Waals surface area (Å²) in [6.07, 6.45) is 1.65. The van der Waals surface area contributed by atoms with Crippen molar-refractivity contribution < 1.29 is 4.79 Å². The molecule has 0 atom stereocenters. The number of pyridine rings is 1. The monoisotopic (exact) mass is 384 g/mol. The van der Waals surface area contributed by atoms with Crippen LogP contribution in [-0.2, 0) is 6.54 Å². The minimum absolute atomic E-state index is 0.198. The Labute approximate surface area is 167 Å². The maximum atomic E-state index is 12.9. The number of nitrogens with zero attached hydrogens (tertiary/aromatic N) is 3. The molecule has 6 nitrogen and oxygen atoms in total. The molecule has 0 fully saturated rings. The molecular formula is C23H20N4O2. The molecule has 144 valence electrons. The van der Waals surface area contributed by atoms with E-state index in [1.807, 2.05) is 44.2 Å². The first-order valence-corrected chi connectivity index (χ1v) is 9.41. The van der Waals surface area contributed by atoms with Crippen LogP contribution in [-0.4, -0.2) is 20.4 Å². The molecule has 0 aliphatic rings. The lowest BCUT2D eigenvalue weighted by Gasteiger charge is -2.10. The zero-order valence-electron chi connectivity index (χ0n) is 16.2. The van der Waals surface area contributed by atoms with E-state index < -0.39 is 0 Å². The molecule has 0 spiro atoms. The first kappa shape index (κ1) is 18.6. The molecule has 2 aromatic carbocycles.